The van der Waals surface area contributed by atoms with Crippen LogP contribution in [0.3, 0.4) is 0 Å². The van der Waals surface area contributed by atoms with E-state index in [1.807, 2.05) is 18.2 Å². The van der Waals surface area contributed by atoms with Crippen molar-refractivity contribution in [2.24, 2.45) is 0 Å². The average molecular weight is 174 g/mol. The zero-order valence-electron chi connectivity index (χ0n) is 7.14. The fourth-order valence-electron chi connectivity index (χ4n) is 1.32. The minimum Gasteiger partial charge on any atom is -0.396 e. The van der Waals surface area contributed by atoms with Gasteiger partial charge in [-0.25, -0.2) is 9.97 Å². The highest BCUT2D eigenvalue weighted by Gasteiger charge is 1.96. The highest BCUT2D eigenvalue weighted by molar-refractivity contribution is 5.77. The third kappa shape index (κ3) is 1.65. The van der Waals surface area contributed by atoms with Crippen molar-refractivity contribution in [2.75, 3.05) is 6.61 Å². The van der Waals surface area contributed by atoms with Gasteiger partial charge < -0.3 is 5.11 Å². The van der Waals surface area contributed by atoms with Crippen LogP contribution in [-0.2, 0) is 6.42 Å². The normalized spacial score (nSPS) is 10.5. The monoisotopic (exact) mass is 174 g/mol. The Balaban J connectivity index is 2.49. The SMILES string of the molecule is OCCc1ccc2ncncc2c1. The molecule has 0 aliphatic carbocycles. The van der Waals surface area contributed by atoms with E-state index in [1.54, 1.807) is 6.20 Å². The number of aliphatic hydroxyl groups is 1. The Bertz CT molecular complexity index is 414. The van der Waals surface area contributed by atoms with Crippen LogP contribution in [0.15, 0.2) is 30.7 Å². The number of hydrogen-bond donors (Lipinski definition) is 1. The zero-order chi connectivity index (χ0) is 9.10. The molecular formula is C10H10N2O. The van der Waals surface area contributed by atoms with E-state index in [2.05, 4.69) is 9.97 Å². The fraction of sp³-hybridized carbons (Fsp3) is 0.200. The highest BCUT2D eigenvalue weighted by atomic mass is 16.2. The van der Waals surface area contributed by atoms with Gasteiger partial charge in [0.15, 0.2) is 0 Å². The van der Waals surface area contributed by atoms with Gasteiger partial charge in [-0.05, 0) is 24.1 Å². The molecule has 0 aliphatic rings. The first-order valence-electron chi connectivity index (χ1n) is 4.19. The molecule has 1 aromatic heterocycles. The van der Waals surface area contributed by atoms with Gasteiger partial charge in [-0.3, -0.25) is 0 Å². The maximum atomic E-state index is 8.76. The Hall–Kier alpha value is -1.48. The second-order valence-corrected chi connectivity index (χ2v) is 2.89. The summed E-state index contributed by atoms with van der Waals surface area (Å²) in [6.45, 7) is 0.180. The molecule has 1 N–H and O–H groups in total. The van der Waals surface area contributed by atoms with Crippen molar-refractivity contribution in [3.63, 3.8) is 0 Å². The molecule has 0 amide bonds. The van der Waals surface area contributed by atoms with Crippen molar-refractivity contribution in [2.45, 2.75) is 6.42 Å². The summed E-state index contributed by atoms with van der Waals surface area (Å²) in [6.07, 6.45) is 4.00. The lowest BCUT2D eigenvalue weighted by atomic mass is 10.1. The molecule has 2 aromatic rings. The van der Waals surface area contributed by atoms with E-state index < -0.39 is 0 Å². The molecule has 0 radical (unpaired) electrons. The summed E-state index contributed by atoms with van der Waals surface area (Å²) in [5.74, 6) is 0. The van der Waals surface area contributed by atoms with Gasteiger partial charge in [-0.2, -0.15) is 0 Å². The van der Waals surface area contributed by atoms with Crippen LogP contribution in [0.5, 0.6) is 0 Å². The molecule has 3 heteroatoms. The Morgan fingerprint density at radius 1 is 1.31 bits per heavy atom. The summed E-state index contributed by atoms with van der Waals surface area (Å²) in [7, 11) is 0. The molecule has 0 aliphatic heterocycles. The van der Waals surface area contributed by atoms with E-state index in [1.165, 1.54) is 6.33 Å². The fourth-order valence-corrected chi connectivity index (χ4v) is 1.32. The van der Waals surface area contributed by atoms with Crippen LogP contribution >= 0.6 is 0 Å². The Labute approximate surface area is 76.1 Å². The Kier molecular flexibility index (Phi) is 2.19. The molecule has 0 atom stereocenters. The summed E-state index contributed by atoms with van der Waals surface area (Å²) in [5.41, 5.74) is 2.06. The standard InChI is InChI=1S/C10H10N2O/c13-4-3-8-1-2-10-9(5-8)6-11-7-12-10/h1-2,5-7,13H,3-4H2. The molecule has 0 bridgehead atoms. The van der Waals surface area contributed by atoms with E-state index >= 15 is 0 Å². The molecule has 66 valence electrons. The first-order chi connectivity index (χ1) is 6.40. The van der Waals surface area contributed by atoms with Crippen LogP contribution in [0.25, 0.3) is 10.9 Å². The Morgan fingerprint density at radius 2 is 2.23 bits per heavy atom. The van der Waals surface area contributed by atoms with E-state index in [4.69, 9.17) is 5.11 Å². The molecule has 0 spiro atoms. The van der Waals surface area contributed by atoms with Gasteiger partial charge >= 0.3 is 0 Å². The van der Waals surface area contributed by atoms with Gasteiger partial charge in [0.25, 0.3) is 0 Å². The van der Waals surface area contributed by atoms with Crippen LogP contribution in [0, 0.1) is 0 Å². The molecule has 0 fully saturated rings. The summed E-state index contributed by atoms with van der Waals surface area (Å²) in [5, 5.41) is 9.78. The summed E-state index contributed by atoms with van der Waals surface area (Å²) >= 11 is 0. The summed E-state index contributed by atoms with van der Waals surface area (Å²) in [6, 6.07) is 5.93. The molecule has 3 nitrogen and oxygen atoms in total. The molecule has 13 heavy (non-hydrogen) atoms. The second-order valence-electron chi connectivity index (χ2n) is 2.89. The lowest BCUT2D eigenvalue weighted by molar-refractivity contribution is 0.299. The van der Waals surface area contributed by atoms with Crippen LogP contribution in [0.1, 0.15) is 5.56 Å². The van der Waals surface area contributed by atoms with E-state index in [9.17, 15) is 0 Å². The van der Waals surface area contributed by atoms with Crippen LogP contribution in [-0.4, -0.2) is 21.7 Å². The quantitative estimate of drug-likeness (QED) is 0.743. The lowest BCUT2D eigenvalue weighted by Gasteiger charge is -1.99. The number of fused-ring (bicyclic) bond motifs is 1. The minimum absolute atomic E-state index is 0.180. The number of rotatable bonds is 2. The van der Waals surface area contributed by atoms with Gasteiger partial charge in [0.2, 0.25) is 0 Å². The first kappa shape index (κ1) is 8.13. The topological polar surface area (TPSA) is 46.0 Å². The largest absolute Gasteiger partial charge is 0.396 e. The van der Waals surface area contributed by atoms with E-state index in [-0.39, 0.29) is 6.61 Å². The van der Waals surface area contributed by atoms with Crippen molar-refractivity contribution in [3.8, 4) is 0 Å². The number of aromatic nitrogens is 2. The summed E-state index contributed by atoms with van der Waals surface area (Å²) in [4.78, 5) is 8.05. The van der Waals surface area contributed by atoms with Gasteiger partial charge in [-0.15, -0.1) is 0 Å². The molecule has 2 rings (SSSR count). The number of aliphatic hydroxyl groups excluding tert-OH is 1. The molecule has 0 saturated carbocycles. The molecular weight excluding hydrogens is 164 g/mol. The minimum atomic E-state index is 0.180. The van der Waals surface area contributed by atoms with Gasteiger partial charge in [0.05, 0.1) is 5.52 Å². The van der Waals surface area contributed by atoms with Crippen molar-refractivity contribution in [3.05, 3.63) is 36.3 Å². The van der Waals surface area contributed by atoms with Crippen LogP contribution in [0.4, 0.5) is 0 Å². The predicted molar refractivity (Wildman–Crippen MR) is 50.3 cm³/mol. The van der Waals surface area contributed by atoms with Gasteiger partial charge in [-0.1, -0.05) is 6.07 Å². The molecule has 1 aromatic carbocycles. The smallest absolute Gasteiger partial charge is 0.116 e. The maximum Gasteiger partial charge on any atom is 0.116 e. The van der Waals surface area contributed by atoms with Crippen molar-refractivity contribution in [1.29, 1.82) is 0 Å². The Morgan fingerprint density at radius 3 is 3.08 bits per heavy atom. The number of nitrogens with zero attached hydrogens (tertiary/aromatic N) is 2. The van der Waals surface area contributed by atoms with E-state index in [0.29, 0.717) is 6.42 Å². The van der Waals surface area contributed by atoms with Crippen molar-refractivity contribution < 1.29 is 5.11 Å². The zero-order valence-corrected chi connectivity index (χ0v) is 7.14. The maximum absolute atomic E-state index is 8.76. The van der Waals surface area contributed by atoms with Crippen molar-refractivity contribution in [1.82, 2.24) is 9.97 Å². The summed E-state index contributed by atoms with van der Waals surface area (Å²) < 4.78 is 0. The number of hydrogen-bond acceptors (Lipinski definition) is 3. The van der Waals surface area contributed by atoms with Crippen LogP contribution in [0.2, 0.25) is 0 Å². The highest BCUT2D eigenvalue weighted by Crippen LogP contribution is 2.12. The predicted octanol–water partition coefficient (Wildman–Crippen LogP) is 1.16. The third-order valence-corrected chi connectivity index (χ3v) is 1.97. The average Bonchev–Trinajstić information content (AvgIpc) is 2.18. The van der Waals surface area contributed by atoms with Crippen LogP contribution < -0.4 is 0 Å². The number of benzene rings is 1. The lowest BCUT2D eigenvalue weighted by Crippen LogP contribution is -1.90. The van der Waals surface area contributed by atoms with Crippen molar-refractivity contribution >= 4 is 10.9 Å². The van der Waals surface area contributed by atoms with Gasteiger partial charge in [0, 0.05) is 18.2 Å². The first-order valence-corrected chi connectivity index (χ1v) is 4.19. The second kappa shape index (κ2) is 3.49. The third-order valence-electron chi connectivity index (χ3n) is 1.97. The van der Waals surface area contributed by atoms with Gasteiger partial charge in [0.1, 0.15) is 6.33 Å². The molecule has 0 unspecified atom stereocenters. The molecule has 0 saturated heterocycles. The van der Waals surface area contributed by atoms with E-state index in [0.717, 1.165) is 16.5 Å². The molecule has 1 heterocycles.